The standard InChI is InChI=1S/C23H28F3N3/c1-15-8-9-29(13-15)14-19-6-5-18(10-21(19)23(24,25)26)17(3)12-28-20-7-4-16(2)22(27)11-20/h4-7,10-11,15,28H,3,8-9,12-14,27H2,1-2H3. The number of likely N-dealkylation sites (tertiary alicyclic amines) is 1. The van der Waals surface area contributed by atoms with Gasteiger partial charge < -0.3 is 11.1 Å². The van der Waals surface area contributed by atoms with Gasteiger partial charge in [0.15, 0.2) is 0 Å². The monoisotopic (exact) mass is 403 g/mol. The van der Waals surface area contributed by atoms with Crippen molar-refractivity contribution in [3.63, 3.8) is 0 Å². The number of rotatable bonds is 6. The molecular weight excluding hydrogens is 375 g/mol. The molecule has 1 atom stereocenters. The molecule has 2 aromatic carbocycles. The topological polar surface area (TPSA) is 41.3 Å². The van der Waals surface area contributed by atoms with E-state index in [4.69, 9.17) is 5.73 Å². The first-order valence-corrected chi connectivity index (χ1v) is 9.84. The second kappa shape index (κ2) is 8.49. The van der Waals surface area contributed by atoms with Crippen LogP contribution in [0.4, 0.5) is 24.5 Å². The molecule has 2 aromatic rings. The second-order valence-electron chi connectivity index (χ2n) is 8.03. The third kappa shape index (κ3) is 5.32. The highest BCUT2D eigenvalue weighted by atomic mass is 19.4. The van der Waals surface area contributed by atoms with Crippen LogP contribution in [0.5, 0.6) is 0 Å². The number of hydrogen-bond donors (Lipinski definition) is 2. The van der Waals surface area contributed by atoms with Crippen molar-refractivity contribution in [2.24, 2.45) is 5.92 Å². The molecule has 0 bridgehead atoms. The van der Waals surface area contributed by atoms with Gasteiger partial charge in [0.25, 0.3) is 0 Å². The molecule has 1 heterocycles. The summed E-state index contributed by atoms with van der Waals surface area (Å²) in [6, 6.07) is 10.1. The summed E-state index contributed by atoms with van der Waals surface area (Å²) in [4.78, 5) is 2.09. The average molecular weight is 403 g/mol. The van der Waals surface area contributed by atoms with Crippen molar-refractivity contribution < 1.29 is 13.2 Å². The Balaban J connectivity index is 1.74. The quantitative estimate of drug-likeness (QED) is 0.620. The third-order valence-corrected chi connectivity index (χ3v) is 5.51. The Morgan fingerprint density at radius 3 is 2.62 bits per heavy atom. The SMILES string of the molecule is C=C(CNc1ccc(C)c(N)c1)c1ccc(CN2CCC(C)C2)c(C(F)(F)F)c1. The van der Waals surface area contributed by atoms with E-state index >= 15 is 0 Å². The predicted molar refractivity (Wildman–Crippen MR) is 114 cm³/mol. The Kier molecular flexibility index (Phi) is 6.22. The summed E-state index contributed by atoms with van der Waals surface area (Å²) < 4.78 is 41.1. The molecular formula is C23H28F3N3. The Bertz CT molecular complexity index is 889. The zero-order valence-corrected chi connectivity index (χ0v) is 16.9. The fraction of sp³-hybridized carbons (Fsp3) is 0.391. The van der Waals surface area contributed by atoms with Crippen LogP contribution >= 0.6 is 0 Å². The highest BCUT2D eigenvalue weighted by Gasteiger charge is 2.34. The smallest absolute Gasteiger partial charge is 0.398 e. The van der Waals surface area contributed by atoms with E-state index in [0.717, 1.165) is 30.8 Å². The molecule has 0 aromatic heterocycles. The lowest BCUT2D eigenvalue weighted by Gasteiger charge is -2.20. The fourth-order valence-electron chi connectivity index (χ4n) is 3.67. The minimum Gasteiger partial charge on any atom is -0.398 e. The van der Waals surface area contributed by atoms with Crippen LogP contribution in [-0.4, -0.2) is 24.5 Å². The van der Waals surface area contributed by atoms with Gasteiger partial charge in [-0.3, -0.25) is 4.90 Å². The molecule has 0 aliphatic carbocycles. The third-order valence-electron chi connectivity index (χ3n) is 5.51. The van der Waals surface area contributed by atoms with Crippen molar-refractivity contribution in [3.05, 3.63) is 65.2 Å². The summed E-state index contributed by atoms with van der Waals surface area (Å²) in [5, 5.41) is 3.18. The maximum atomic E-state index is 13.7. The largest absolute Gasteiger partial charge is 0.416 e. The number of nitrogens with one attached hydrogen (secondary N) is 1. The number of halogens is 3. The lowest BCUT2D eigenvalue weighted by atomic mass is 9.99. The summed E-state index contributed by atoms with van der Waals surface area (Å²) >= 11 is 0. The molecule has 1 saturated heterocycles. The molecule has 1 unspecified atom stereocenters. The Labute approximate surface area is 170 Å². The zero-order chi connectivity index (χ0) is 21.2. The van der Waals surface area contributed by atoms with Crippen molar-refractivity contribution >= 4 is 16.9 Å². The molecule has 29 heavy (non-hydrogen) atoms. The normalized spacial score (nSPS) is 17.5. The Morgan fingerprint density at radius 2 is 2.00 bits per heavy atom. The van der Waals surface area contributed by atoms with Gasteiger partial charge in [0, 0.05) is 31.0 Å². The average Bonchev–Trinajstić information content (AvgIpc) is 3.06. The van der Waals surface area contributed by atoms with E-state index in [2.05, 4.69) is 23.7 Å². The highest BCUT2D eigenvalue weighted by molar-refractivity contribution is 5.69. The van der Waals surface area contributed by atoms with Crippen LogP contribution in [-0.2, 0) is 12.7 Å². The molecule has 0 radical (unpaired) electrons. The number of nitrogens with two attached hydrogens (primary N) is 1. The van der Waals surface area contributed by atoms with Crippen molar-refractivity contribution in [2.45, 2.75) is 33.0 Å². The first kappa shape index (κ1) is 21.2. The highest BCUT2D eigenvalue weighted by Crippen LogP contribution is 2.35. The summed E-state index contributed by atoms with van der Waals surface area (Å²) in [7, 11) is 0. The van der Waals surface area contributed by atoms with E-state index in [-0.39, 0.29) is 0 Å². The van der Waals surface area contributed by atoms with Crippen LogP contribution in [0, 0.1) is 12.8 Å². The lowest BCUT2D eigenvalue weighted by Crippen LogP contribution is -2.22. The van der Waals surface area contributed by atoms with Crippen LogP contribution in [0.15, 0.2) is 43.0 Å². The summed E-state index contributed by atoms with van der Waals surface area (Å²) in [5.41, 5.74) is 9.19. The van der Waals surface area contributed by atoms with Crippen LogP contribution < -0.4 is 11.1 Å². The molecule has 6 heteroatoms. The molecule has 3 rings (SSSR count). The number of aryl methyl sites for hydroxylation is 1. The molecule has 156 valence electrons. The number of benzene rings is 2. The summed E-state index contributed by atoms with van der Waals surface area (Å²) in [6.45, 7) is 10.4. The number of alkyl halides is 3. The fourth-order valence-corrected chi connectivity index (χ4v) is 3.67. The van der Waals surface area contributed by atoms with Gasteiger partial charge in [0.1, 0.15) is 0 Å². The minimum atomic E-state index is -4.39. The van der Waals surface area contributed by atoms with E-state index in [1.165, 1.54) is 6.07 Å². The van der Waals surface area contributed by atoms with Gasteiger partial charge in [-0.25, -0.2) is 0 Å². The number of nitrogens with zero attached hydrogens (tertiary/aromatic N) is 1. The second-order valence-corrected chi connectivity index (χ2v) is 8.03. The van der Waals surface area contributed by atoms with E-state index < -0.39 is 11.7 Å². The zero-order valence-electron chi connectivity index (χ0n) is 16.9. The summed E-state index contributed by atoms with van der Waals surface area (Å²) in [6.07, 6.45) is -3.36. The van der Waals surface area contributed by atoms with Gasteiger partial charge in [-0.1, -0.05) is 31.7 Å². The molecule has 0 spiro atoms. The first-order chi connectivity index (χ1) is 13.6. The number of anilines is 2. The first-order valence-electron chi connectivity index (χ1n) is 9.84. The number of hydrogen-bond acceptors (Lipinski definition) is 3. The van der Waals surface area contributed by atoms with Crippen LogP contribution in [0.2, 0.25) is 0 Å². The van der Waals surface area contributed by atoms with Crippen molar-refractivity contribution in [1.29, 1.82) is 0 Å². The van der Waals surface area contributed by atoms with Gasteiger partial charge in [-0.15, -0.1) is 0 Å². The summed E-state index contributed by atoms with van der Waals surface area (Å²) in [5.74, 6) is 0.533. The predicted octanol–water partition coefficient (Wildman–Crippen LogP) is 5.56. The van der Waals surface area contributed by atoms with Gasteiger partial charge in [-0.05, 0) is 66.3 Å². The van der Waals surface area contributed by atoms with Crippen LogP contribution in [0.1, 0.15) is 35.6 Å². The van der Waals surface area contributed by atoms with Crippen LogP contribution in [0.25, 0.3) is 5.57 Å². The molecule has 1 fully saturated rings. The van der Waals surface area contributed by atoms with Gasteiger partial charge in [0.2, 0.25) is 0 Å². The molecule has 3 nitrogen and oxygen atoms in total. The maximum absolute atomic E-state index is 13.7. The Hall–Kier alpha value is -2.47. The molecule has 1 aliphatic heterocycles. The molecule has 0 amide bonds. The molecule has 1 aliphatic rings. The molecule has 0 saturated carbocycles. The number of nitrogen functional groups attached to an aromatic ring is 1. The Morgan fingerprint density at radius 1 is 1.24 bits per heavy atom. The molecule has 3 N–H and O–H groups in total. The van der Waals surface area contributed by atoms with E-state index in [0.29, 0.717) is 41.4 Å². The van der Waals surface area contributed by atoms with Gasteiger partial charge in [-0.2, -0.15) is 13.2 Å². The van der Waals surface area contributed by atoms with E-state index in [1.54, 1.807) is 12.1 Å². The van der Waals surface area contributed by atoms with Crippen molar-refractivity contribution in [2.75, 3.05) is 30.7 Å². The van der Waals surface area contributed by atoms with Crippen LogP contribution in [0.3, 0.4) is 0 Å². The van der Waals surface area contributed by atoms with Gasteiger partial charge >= 0.3 is 6.18 Å². The minimum absolute atomic E-state index is 0.322. The van der Waals surface area contributed by atoms with E-state index in [1.807, 2.05) is 25.1 Å². The van der Waals surface area contributed by atoms with Crippen molar-refractivity contribution in [3.8, 4) is 0 Å². The maximum Gasteiger partial charge on any atom is 0.416 e. The lowest BCUT2D eigenvalue weighted by molar-refractivity contribution is -0.138. The van der Waals surface area contributed by atoms with Crippen molar-refractivity contribution in [1.82, 2.24) is 4.90 Å². The van der Waals surface area contributed by atoms with Gasteiger partial charge in [0.05, 0.1) is 5.56 Å². The van der Waals surface area contributed by atoms with E-state index in [9.17, 15) is 13.2 Å².